The van der Waals surface area contributed by atoms with E-state index in [0.29, 0.717) is 29.5 Å². The van der Waals surface area contributed by atoms with Crippen LogP contribution in [0.5, 0.6) is 5.75 Å². The number of hydrogen-bond donors (Lipinski definition) is 2. The van der Waals surface area contributed by atoms with Gasteiger partial charge in [-0.2, -0.15) is 0 Å². The fourth-order valence-electron chi connectivity index (χ4n) is 2.46. The average Bonchev–Trinajstić information content (AvgIpc) is 2.67. The first-order valence-corrected chi connectivity index (χ1v) is 9.10. The van der Waals surface area contributed by atoms with Crippen LogP contribution in [0.15, 0.2) is 48.5 Å². The standard InChI is InChI=1S/C20H24ClN3O3/c1-3-24(13-12-19(25)23-18-7-5-4-6-17(18)21)14-20(26)22-15-8-10-16(27-2)11-9-15/h4-11H,3,12-14H2,1-2H3,(H,22,26)(H,23,25). The number of carbonyl (C=O) groups excluding carboxylic acids is 2. The third-order valence-corrected chi connectivity index (χ3v) is 4.32. The molecular weight excluding hydrogens is 366 g/mol. The summed E-state index contributed by atoms with van der Waals surface area (Å²) in [6, 6.07) is 14.2. The molecule has 2 rings (SSSR count). The molecule has 144 valence electrons. The summed E-state index contributed by atoms with van der Waals surface area (Å²) in [5.41, 5.74) is 1.29. The number of nitrogens with zero attached hydrogens (tertiary/aromatic N) is 1. The number of halogens is 1. The summed E-state index contributed by atoms with van der Waals surface area (Å²) in [7, 11) is 1.59. The van der Waals surface area contributed by atoms with Crippen LogP contribution in [-0.4, -0.2) is 43.5 Å². The van der Waals surface area contributed by atoms with Gasteiger partial charge in [0.25, 0.3) is 0 Å². The number of methoxy groups -OCH3 is 1. The second kappa shape index (κ2) is 10.5. The average molecular weight is 390 g/mol. The van der Waals surface area contributed by atoms with E-state index in [1.54, 1.807) is 49.6 Å². The Morgan fingerprint density at radius 2 is 1.74 bits per heavy atom. The summed E-state index contributed by atoms with van der Waals surface area (Å²) in [5, 5.41) is 6.12. The Labute approximate surface area is 164 Å². The summed E-state index contributed by atoms with van der Waals surface area (Å²) >= 11 is 6.04. The molecule has 0 aliphatic heterocycles. The second-order valence-corrected chi connectivity index (χ2v) is 6.33. The number of ether oxygens (including phenoxy) is 1. The maximum Gasteiger partial charge on any atom is 0.238 e. The number of benzene rings is 2. The summed E-state index contributed by atoms with van der Waals surface area (Å²) in [6.07, 6.45) is 0.273. The maximum atomic E-state index is 12.2. The minimum Gasteiger partial charge on any atom is -0.497 e. The van der Waals surface area contributed by atoms with Gasteiger partial charge < -0.3 is 15.4 Å². The lowest BCUT2D eigenvalue weighted by atomic mass is 10.3. The van der Waals surface area contributed by atoms with E-state index in [0.717, 1.165) is 5.75 Å². The van der Waals surface area contributed by atoms with Crippen molar-refractivity contribution in [3.05, 3.63) is 53.6 Å². The summed E-state index contributed by atoms with van der Waals surface area (Å²) in [6.45, 7) is 3.30. The molecule has 6 nitrogen and oxygen atoms in total. The Morgan fingerprint density at radius 1 is 1.04 bits per heavy atom. The predicted octanol–water partition coefficient (Wildman–Crippen LogP) is 3.64. The van der Waals surface area contributed by atoms with Gasteiger partial charge in [-0.25, -0.2) is 0 Å². The highest BCUT2D eigenvalue weighted by Gasteiger charge is 2.12. The first-order valence-electron chi connectivity index (χ1n) is 8.72. The van der Waals surface area contributed by atoms with Crippen LogP contribution < -0.4 is 15.4 Å². The highest BCUT2D eigenvalue weighted by atomic mass is 35.5. The molecule has 0 bridgehead atoms. The molecule has 0 saturated carbocycles. The zero-order valence-electron chi connectivity index (χ0n) is 15.5. The molecule has 2 N–H and O–H groups in total. The molecule has 0 aliphatic rings. The van der Waals surface area contributed by atoms with Crippen molar-refractivity contribution in [2.24, 2.45) is 0 Å². The highest BCUT2D eigenvalue weighted by Crippen LogP contribution is 2.20. The number of hydrogen-bond acceptors (Lipinski definition) is 4. The van der Waals surface area contributed by atoms with Crippen LogP contribution in [0.2, 0.25) is 5.02 Å². The van der Waals surface area contributed by atoms with Gasteiger partial charge >= 0.3 is 0 Å². The van der Waals surface area contributed by atoms with Crippen molar-refractivity contribution >= 4 is 34.8 Å². The van der Waals surface area contributed by atoms with Gasteiger partial charge in [-0.1, -0.05) is 30.7 Å². The van der Waals surface area contributed by atoms with Crippen LogP contribution in [-0.2, 0) is 9.59 Å². The normalized spacial score (nSPS) is 10.5. The van der Waals surface area contributed by atoms with Gasteiger partial charge in [-0.15, -0.1) is 0 Å². The first kappa shape index (κ1) is 20.7. The van der Waals surface area contributed by atoms with Crippen molar-refractivity contribution in [2.75, 3.05) is 37.4 Å². The van der Waals surface area contributed by atoms with Gasteiger partial charge in [-0.3, -0.25) is 14.5 Å². The zero-order chi connectivity index (χ0) is 19.6. The van der Waals surface area contributed by atoms with Crippen LogP contribution in [0.25, 0.3) is 0 Å². The first-order chi connectivity index (χ1) is 13.0. The van der Waals surface area contributed by atoms with Crippen LogP contribution in [0.4, 0.5) is 11.4 Å². The largest absolute Gasteiger partial charge is 0.497 e. The minimum atomic E-state index is -0.142. The number of para-hydroxylation sites is 1. The van der Waals surface area contributed by atoms with Gasteiger partial charge in [0.1, 0.15) is 5.75 Å². The van der Waals surface area contributed by atoms with Gasteiger partial charge in [-0.05, 0) is 42.9 Å². The van der Waals surface area contributed by atoms with Gasteiger partial charge in [0.15, 0.2) is 0 Å². The molecule has 0 unspecified atom stereocenters. The Hall–Kier alpha value is -2.57. The molecule has 2 amide bonds. The van der Waals surface area contributed by atoms with Crippen molar-refractivity contribution in [2.45, 2.75) is 13.3 Å². The van der Waals surface area contributed by atoms with E-state index in [1.807, 2.05) is 17.9 Å². The van der Waals surface area contributed by atoms with Crippen molar-refractivity contribution in [1.82, 2.24) is 4.90 Å². The molecule has 2 aromatic rings. The highest BCUT2D eigenvalue weighted by molar-refractivity contribution is 6.33. The lowest BCUT2D eigenvalue weighted by Crippen LogP contribution is -2.35. The molecule has 0 radical (unpaired) electrons. The number of likely N-dealkylation sites (N-methyl/N-ethyl adjacent to an activating group) is 1. The molecule has 0 atom stereocenters. The van der Waals surface area contributed by atoms with Crippen molar-refractivity contribution in [3.8, 4) is 5.75 Å². The van der Waals surface area contributed by atoms with Gasteiger partial charge in [0, 0.05) is 18.7 Å². The SMILES string of the molecule is CCN(CCC(=O)Nc1ccccc1Cl)CC(=O)Nc1ccc(OC)cc1. The van der Waals surface area contributed by atoms with Crippen LogP contribution in [0.3, 0.4) is 0 Å². The van der Waals surface area contributed by atoms with E-state index in [4.69, 9.17) is 16.3 Å². The van der Waals surface area contributed by atoms with E-state index in [-0.39, 0.29) is 24.8 Å². The number of rotatable bonds is 9. The van der Waals surface area contributed by atoms with Gasteiger partial charge in [0.05, 0.1) is 24.4 Å². The molecule has 27 heavy (non-hydrogen) atoms. The summed E-state index contributed by atoms with van der Waals surface area (Å²) in [4.78, 5) is 26.2. The Bertz CT molecular complexity index is 765. The van der Waals surface area contributed by atoms with E-state index in [1.165, 1.54) is 0 Å². The molecule has 2 aromatic carbocycles. The third-order valence-electron chi connectivity index (χ3n) is 3.99. The molecule has 0 saturated heterocycles. The van der Waals surface area contributed by atoms with E-state index < -0.39 is 0 Å². The van der Waals surface area contributed by atoms with Crippen molar-refractivity contribution in [3.63, 3.8) is 0 Å². The van der Waals surface area contributed by atoms with Crippen molar-refractivity contribution < 1.29 is 14.3 Å². The molecule has 0 heterocycles. The molecule has 0 aliphatic carbocycles. The minimum absolute atomic E-state index is 0.131. The van der Waals surface area contributed by atoms with E-state index in [2.05, 4.69) is 10.6 Å². The number of nitrogens with one attached hydrogen (secondary N) is 2. The lowest BCUT2D eigenvalue weighted by Gasteiger charge is -2.19. The van der Waals surface area contributed by atoms with Crippen LogP contribution in [0, 0.1) is 0 Å². The lowest BCUT2D eigenvalue weighted by molar-refractivity contribution is -0.119. The predicted molar refractivity (Wildman–Crippen MR) is 108 cm³/mol. The van der Waals surface area contributed by atoms with Crippen LogP contribution in [0.1, 0.15) is 13.3 Å². The molecule has 7 heteroatoms. The molecule has 0 spiro atoms. The van der Waals surface area contributed by atoms with Crippen LogP contribution >= 0.6 is 11.6 Å². The molecule has 0 fully saturated rings. The third kappa shape index (κ3) is 6.92. The fourth-order valence-corrected chi connectivity index (χ4v) is 2.64. The fraction of sp³-hybridized carbons (Fsp3) is 0.300. The molecule has 0 aromatic heterocycles. The quantitative estimate of drug-likeness (QED) is 0.687. The topological polar surface area (TPSA) is 70.7 Å². The second-order valence-electron chi connectivity index (χ2n) is 5.92. The Kier molecular flexibility index (Phi) is 8.10. The summed E-state index contributed by atoms with van der Waals surface area (Å²) < 4.78 is 5.09. The number of carbonyl (C=O) groups is 2. The molecular formula is C20H24ClN3O3. The van der Waals surface area contributed by atoms with E-state index in [9.17, 15) is 9.59 Å². The van der Waals surface area contributed by atoms with Crippen molar-refractivity contribution in [1.29, 1.82) is 0 Å². The monoisotopic (exact) mass is 389 g/mol. The number of amides is 2. The Morgan fingerprint density at radius 3 is 2.37 bits per heavy atom. The zero-order valence-corrected chi connectivity index (χ0v) is 16.3. The smallest absolute Gasteiger partial charge is 0.238 e. The number of anilines is 2. The van der Waals surface area contributed by atoms with E-state index >= 15 is 0 Å². The Balaban J connectivity index is 1.79. The summed E-state index contributed by atoms with van der Waals surface area (Å²) in [5.74, 6) is 0.457. The maximum absolute atomic E-state index is 12.2. The van der Waals surface area contributed by atoms with Gasteiger partial charge in [0.2, 0.25) is 11.8 Å².